The predicted molar refractivity (Wildman–Crippen MR) is 171 cm³/mol. The van der Waals surface area contributed by atoms with Crippen LogP contribution in [0, 0.1) is 11.7 Å². The fourth-order valence-electron chi connectivity index (χ4n) is 5.04. The summed E-state index contributed by atoms with van der Waals surface area (Å²) in [6.45, 7) is 21.6. The van der Waals surface area contributed by atoms with Gasteiger partial charge in [0.05, 0.1) is 11.4 Å². The quantitative estimate of drug-likeness (QED) is 0.225. The molecule has 0 fully saturated rings. The SMILES string of the molecule is C=CN=C(C)C(=NC)C(=C)C.CC.CCCC(CCC)C(=O)CCCC(CCC)c1c[nH]c2cccc(F)c12. The molecule has 1 unspecified atom stereocenters. The summed E-state index contributed by atoms with van der Waals surface area (Å²) in [5.41, 5.74) is 4.57. The van der Waals surface area contributed by atoms with Gasteiger partial charge in [-0.25, -0.2) is 4.39 Å². The van der Waals surface area contributed by atoms with Gasteiger partial charge in [0, 0.05) is 42.7 Å². The largest absolute Gasteiger partial charge is 0.361 e. The van der Waals surface area contributed by atoms with E-state index in [9.17, 15) is 9.18 Å². The Hall–Kier alpha value is -2.82. The maximum Gasteiger partial charge on any atom is 0.135 e. The van der Waals surface area contributed by atoms with Gasteiger partial charge >= 0.3 is 0 Å². The Balaban J connectivity index is 0.000000935. The van der Waals surface area contributed by atoms with Gasteiger partial charge in [-0.3, -0.25) is 14.8 Å². The van der Waals surface area contributed by atoms with Crippen molar-refractivity contribution in [3.05, 3.63) is 60.7 Å². The number of allylic oxidation sites excluding steroid dienone is 1. The van der Waals surface area contributed by atoms with Crippen LogP contribution in [0.15, 0.2) is 59.3 Å². The lowest BCUT2D eigenvalue weighted by molar-refractivity contribution is -0.123. The topological polar surface area (TPSA) is 57.6 Å². The summed E-state index contributed by atoms with van der Waals surface area (Å²) in [6.07, 6.45) is 12.2. The standard InChI is InChI=1S/C23H34FNO.C9H14N2.C2H6/c1-4-9-17(12-7-15-22(26)18(10-5-2)11-6-3)19-16-25-21-14-8-13-20(24)23(19)21;1-6-11-8(4)9(10-5)7(2)3;1-2/h8,13-14,16-18,25H,4-7,9-12,15H2,1-3H3;6H,1-2H2,3-5H3;1-2H3. The third kappa shape index (κ3) is 12.3. The molecule has 2 aromatic rings. The van der Waals surface area contributed by atoms with Crippen LogP contribution in [0.3, 0.4) is 0 Å². The summed E-state index contributed by atoms with van der Waals surface area (Å²) >= 11 is 0. The molecule has 0 aliphatic carbocycles. The Morgan fingerprint density at radius 1 is 1.05 bits per heavy atom. The third-order valence-corrected chi connectivity index (χ3v) is 6.72. The molecule has 0 aliphatic heterocycles. The molecule has 0 saturated carbocycles. The van der Waals surface area contributed by atoms with Crippen LogP contribution in [0.25, 0.3) is 10.9 Å². The van der Waals surface area contributed by atoms with E-state index in [0.29, 0.717) is 18.1 Å². The molecule has 0 saturated heterocycles. The van der Waals surface area contributed by atoms with Crippen LogP contribution in [0.4, 0.5) is 4.39 Å². The van der Waals surface area contributed by atoms with Crippen molar-refractivity contribution in [3.8, 4) is 0 Å². The van der Waals surface area contributed by atoms with Gasteiger partial charge in [-0.2, -0.15) is 0 Å². The number of benzene rings is 1. The number of halogens is 1. The summed E-state index contributed by atoms with van der Waals surface area (Å²) in [4.78, 5) is 23.8. The number of aliphatic imine (C=N–C) groups is 2. The maximum atomic E-state index is 14.3. The Morgan fingerprint density at radius 3 is 2.18 bits per heavy atom. The van der Waals surface area contributed by atoms with Crippen molar-refractivity contribution in [2.75, 3.05) is 7.05 Å². The molecule has 0 radical (unpaired) electrons. The molecular weight excluding hydrogens is 485 g/mol. The lowest BCUT2D eigenvalue weighted by atomic mass is 9.86. The second-order valence-corrected chi connectivity index (χ2v) is 9.77. The summed E-state index contributed by atoms with van der Waals surface area (Å²) in [5.74, 6) is 0.824. The normalized spacial score (nSPS) is 12.4. The number of hydrogen-bond donors (Lipinski definition) is 1. The molecule has 1 aromatic carbocycles. The fraction of sp³-hybridized carbons (Fsp3) is 0.559. The number of carbonyl (C=O) groups is 1. The molecule has 5 heteroatoms. The van der Waals surface area contributed by atoms with E-state index in [0.717, 1.165) is 84.8 Å². The molecule has 0 aliphatic rings. The van der Waals surface area contributed by atoms with Crippen LogP contribution in [0.1, 0.15) is 118 Å². The molecule has 0 bridgehead atoms. The molecule has 218 valence electrons. The maximum absolute atomic E-state index is 14.3. The van der Waals surface area contributed by atoms with Gasteiger partial charge in [-0.05, 0) is 75.1 Å². The summed E-state index contributed by atoms with van der Waals surface area (Å²) in [7, 11) is 1.73. The number of H-pyrrole nitrogens is 1. The van der Waals surface area contributed by atoms with E-state index in [2.05, 4.69) is 48.9 Å². The first kappa shape index (κ1) is 36.2. The lowest BCUT2D eigenvalue weighted by Gasteiger charge is -2.17. The average Bonchev–Trinajstić information content (AvgIpc) is 3.35. The molecule has 0 amide bonds. The Kier molecular flexibility index (Phi) is 19.5. The molecule has 2 rings (SSSR count). The first-order chi connectivity index (χ1) is 18.7. The minimum Gasteiger partial charge on any atom is -0.361 e. The van der Waals surface area contributed by atoms with Crippen molar-refractivity contribution in [2.45, 2.75) is 112 Å². The smallest absolute Gasteiger partial charge is 0.135 e. The van der Waals surface area contributed by atoms with Crippen molar-refractivity contribution in [3.63, 3.8) is 0 Å². The van der Waals surface area contributed by atoms with Gasteiger partial charge in [0.2, 0.25) is 0 Å². The number of nitrogens with zero attached hydrogens (tertiary/aromatic N) is 2. The third-order valence-electron chi connectivity index (χ3n) is 6.72. The van der Waals surface area contributed by atoms with E-state index in [4.69, 9.17) is 0 Å². The molecule has 1 aromatic heterocycles. The number of nitrogens with one attached hydrogen (secondary N) is 1. The van der Waals surface area contributed by atoms with Crippen LogP contribution in [0.2, 0.25) is 0 Å². The zero-order valence-electron chi connectivity index (χ0n) is 26.0. The van der Waals surface area contributed by atoms with Gasteiger partial charge in [-0.1, -0.05) is 73.1 Å². The zero-order valence-corrected chi connectivity index (χ0v) is 26.0. The number of ketones is 1. The number of carbonyl (C=O) groups excluding carboxylic acids is 1. The second-order valence-electron chi connectivity index (χ2n) is 9.77. The molecule has 1 atom stereocenters. The highest BCUT2D eigenvalue weighted by Crippen LogP contribution is 2.34. The molecular formula is C34H54FN3O. The minimum absolute atomic E-state index is 0.151. The van der Waals surface area contributed by atoms with E-state index in [1.807, 2.05) is 40.0 Å². The molecule has 1 N–H and O–H groups in total. The predicted octanol–water partition coefficient (Wildman–Crippen LogP) is 10.4. The van der Waals surface area contributed by atoms with E-state index in [-0.39, 0.29) is 11.7 Å². The van der Waals surface area contributed by atoms with Crippen LogP contribution < -0.4 is 0 Å². The monoisotopic (exact) mass is 539 g/mol. The first-order valence-corrected chi connectivity index (χ1v) is 14.8. The molecule has 4 nitrogen and oxygen atoms in total. The van der Waals surface area contributed by atoms with Crippen LogP contribution in [-0.4, -0.2) is 29.2 Å². The van der Waals surface area contributed by atoms with Crippen molar-refractivity contribution in [1.29, 1.82) is 0 Å². The van der Waals surface area contributed by atoms with Gasteiger partial charge in [0.15, 0.2) is 0 Å². The highest BCUT2D eigenvalue weighted by atomic mass is 19.1. The Bertz CT molecular complexity index is 1060. The van der Waals surface area contributed by atoms with Crippen LogP contribution in [0.5, 0.6) is 0 Å². The lowest BCUT2D eigenvalue weighted by Crippen LogP contribution is -2.14. The number of Topliss-reactive ketones (excluding diaryl/α,β-unsaturated/α-hetero) is 1. The molecule has 39 heavy (non-hydrogen) atoms. The number of aromatic nitrogens is 1. The van der Waals surface area contributed by atoms with Crippen molar-refractivity contribution in [2.24, 2.45) is 15.9 Å². The van der Waals surface area contributed by atoms with E-state index < -0.39 is 0 Å². The molecule has 1 heterocycles. The summed E-state index contributed by atoms with van der Waals surface area (Å²) in [5, 5.41) is 0.729. The second kappa shape index (κ2) is 21.1. The van der Waals surface area contributed by atoms with Gasteiger partial charge in [-0.15, -0.1) is 0 Å². The van der Waals surface area contributed by atoms with E-state index >= 15 is 0 Å². The average molecular weight is 540 g/mol. The first-order valence-electron chi connectivity index (χ1n) is 14.8. The zero-order chi connectivity index (χ0) is 29.8. The minimum atomic E-state index is -0.151. The van der Waals surface area contributed by atoms with Crippen molar-refractivity contribution in [1.82, 2.24) is 4.98 Å². The van der Waals surface area contributed by atoms with Crippen molar-refractivity contribution >= 4 is 28.1 Å². The Morgan fingerprint density at radius 2 is 1.67 bits per heavy atom. The van der Waals surface area contributed by atoms with Crippen molar-refractivity contribution < 1.29 is 9.18 Å². The number of rotatable bonds is 15. The van der Waals surface area contributed by atoms with E-state index in [1.54, 1.807) is 13.1 Å². The highest BCUT2D eigenvalue weighted by molar-refractivity contribution is 6.47. The molecule has 0 spiro atoms. The van der Waals surface area contributed by atoms with Crippen LogP contribution in [-0.2, 0) is 4.79 Å². The Labute approximate surface area is 238 Å². The van der Waals surface area contributed by atoms with Crippen LogP contribution >= 0.6 is 0 Å². The fourth-order valence-corrected chi connectivity index (χ4v) is 5.04. The summed E-state index contributed by atoms with van der Waals surface area (Å²) < 4.78 is 14.3. The van der Waals surface area contributed by atoms with Gasteiger partial charge in [0.1, 0.15) is 11.6 Å². The number of fused-ring (bicyclic) bond motifs is 1. The van der Waals surface area contributed by atoms with E-state index in [1.165, 1.54) is 12.3 Å². The van der Waals surface area contributed by atoms with Gasteiger partial charge in [0.25, 0.3) is 0 Å². The number of hydrogen-bond acceptors (Lipinski definition) is 3. The number of aromatic amines is 1. The van der Waals surface area contributed by atoms with Gasteiger partial charge < -0.3 is 4.98 Å². The summed E-state index contributed by atoms with van der Waals surface area (Å²) in [6, 6.07) is 5.20. The highest BCUT2D eigenvalue weighted by Gasteiger charge is 2.20.